The minimum Gasteiger partial charge on any atom is -0.434 e. The Morgan fingerprint density at radius 2 is 0.909 bits per heavy atom. The molecule has 0 bridgehead atoms. The van der Waals surface area contributed by atoms with E-state index in [9.17, 15) is 9.59 Å². The lowest BCUT2D eigenvalue weighted by Crippen LogP contribution is -2.23. The van der Waals surface area contributed by atoms with Gasteiger partial charge in [-0.3, -0.25) is 0 Å². The van der Waals surface area contributed by atoms with Crippen molar-refractivity contribution in [3.63, 3.8) is 0 Å². The van der Waals surface area contributed by atoms with Crippen molar-refractivity contribution in [3.05, 3.63) is 0 Å². The van der Waals surface area contributed by atoms with Crippen LogP contribution in [0, 0.1) is 0 Å². The summed E-state index contributed by atoms with van der Waals surface area (Å²) in [5.74, 6) is 0. The maximum atomic E-state index is 11.7. The zero-order valence-electron chi connectivity index (χ0n) is 20.8. The molecule has 0 aliphatic rings. The predicted molar refractivity (Wildman–Crippen MR) is 127 cm³/mol. The maximum Gasteiger partial charge on any atom is 0.508 e. The molecule has 0 spiro atoms. The van der Waals surface area contributed by atoms with Crippen LogP contribution >= 0.6 is 0 Å². The van der Waals surface area contributed by atoms with Crippen molar-refractivity contribution in [1.82, 2.24) is 0 Å². The second-order valence-corrected chi connectivity index (χ2v) is 8.54. The highest BCUT2D eigenvalue weighted by Crippen LogP contribution is 2.10. The largest absolute Gasteiger partial charge is 0.508 e. The highest BCUT2D eigenvalue weighted by molar-refractivity contribution is 5.61. The van der Waals surface area contributed by atoms with E-state index in [1.165, 1.54) is 12.8 Å². The van der Waals surface area contributed by atoms with E-state index in [4.69, 9.17) is 29.2 Å². The summed E-state index contributed by atoms with van der Waals surface area (Å²) in [5.41, 5.74) is 0. The van der Waals surface area contributed by atoms with Crippen molar-refractivity contribution in [2.75, 3.05) is 33.0 Å². The zero-order valence-corrected chi connectivity index (χ0v) is 20.8. The lowest BCUT2D eigenvalue weighted by atomic mass is 10.1. The number of carbonyl (C=O) groups excluding carboxylic acids is 2. The summed E-state index contributed by atoms with van der Waals surface area (Å²) in [6.07, 6.45) is 14.6. The molecule has 0 saturated heterocycles. The number of ether oxygens (including phenoxy) is 4. The summed E-state index contributed by atoms with van der Waals surface area (Å²) in [5, 5.41) is 17.4. The summed E-state index contributed by atoms with van der Waals surface area (Å²) in [7, 11) is 0. The molecule has 1 unspecified atom stereocenters. The fourth-order valence-corrected chi connectivity index (χ4v) is 3.32. The molecule has 196 valence electrons. The Balaban J connectivity index is 3.45. The van der Waals surface area contributed by atoms with Gasteiger partial charge in [-0.2, -0.15) is 0 Å². The van der Waals surface area contributed by atoms with Crippen LogP contribution in [0.15, 0.2) is 0 Å². The van der Waals surface area contributed by atoms with E-state index in [1.54, 1.807) is 6.92 Å². The van der Waals surface area contributed by atoms with Crippen LogP contribution in [0.3, 0.4) is 0 Å². The van der Waals surface area contributed by atoms with Crippen molar-refractivity contribution in [2.45, 2.75) is 116 Å². The number of aliphatic hydroxyl groups is 2. The second-order valence-electron chi connectivity index (χ2n) is 8.54. The number of carbonyl (C=O) groups is 2. The molecule has 1 atom stereocenters. The van der Waals surface area contributed by atoms with Crippen LogP contribution in [0.4, 0.5) is 9.59 Å². The minimum atomic E-state index is -0.751. The Labute approximate surface area is 200 Å². The van der Waals surface area contributed by atoms with Gasteiger partial charge in [0.15, 0.2) is 0 Å². The van der Waals surface area contributed by atoms with Gasteiger partial charge >= 0.3 is 12.3 Å². The molecule has 8 nitrogen and oxygen atoms in total. The van der Waals surface area contributed by atoms with Crippen molar-refractivity contribution in [2.24, 2.45) is 0 Å². The molecule has 0 aliphatic heterocycles. The first kappa shape index (κ1) is 31.5. The van der Waals surface area contributed by atoms with E-state index in [-0.39, 0.29) is 19.8 Å². The fraction of sp³-hybridized carbons (Fsp3) is 0.920. The summed E-state index contributed by atoms with van der Waals surface area (Å²) in [6.45, 7) is 2.75. The van der Waals surface area contributed by atoms with E-state index in [2.05, 4.69) is 0 Å². The number of hydrogen-bond acceptors (Lipinski definition) is 8. The number of hydrogen-bond donors (Lipinski definition) is 2. The average molecular weight is 477 g/mol. The Morgan fingerprint density at radius 1 is 0.545 bits per heavy atom. The van der Waals surface area contributed by atoms with Crippen LogP contribution in [0.2, 0.25) is 0 Å². The summed E-state index contributed by atoms with van der Waals surface area (Å²) in [6, 6.07) is 0. The lowest BCUT2D eigenvalue weighted by molar-refractivity contribution is -0.0113. The molecule has 33 heavy (non-hydrogen) atoms. The molecular weight excluding hydrogens is 428 g/mol. The van der Waals surface area contributed by atoms with Gasteiger partial charge in [-0.25, -0.2) is 9.59 Å². The molecule has 0 amide bonds. The summed E-state index contributed by atoms with van der Waals surface area (Å²) in [4.78, 5) is 23.2. The normalized spacial score (nSPS) is 11.7. The predicted octanol–water partition coefficient (Wildman–Crippen LogP) is 5.91. The highest BCUT2D eigenvalue weighted by atomic mass is 16.7. The quantitative estimate of drug-likeness (QED) is 0.138. The third kappa shape index (κ3) is 24.9. The Hall–Kier alpha value is -1.54. The van der Waals surface area contributed by atoms with Crippen LogP contribution < -0.4 is 0 Å². The topological polar surface area (TPSA) is 112 Å². The van der Waals surface area contributed by atoms with E-state index in [0.29, 0.717) is 13.2 Å². The van der Waals surface area contributed by atoms with Gasteiger partial charge < -0.3 is 29.2 Å². The summed E-state index contributed by atoms with van der Waals surface area (Å²) >= 11 is 0. The highest BCUT2D eigenvalue weighted by Gasteiger charge is 2.13. The smallest absolute Gasteiger partial charge is 0.434 e. The van der Waals surface area contributed by atoms with E-state index in [1.807, 2.05) is 0 Å². The van der Waals surface area contributed by atoms with Gasteiger partial charge in [0.1, 0.15) is 12.7 Å². The Bertz CT molecular complexity index is 444. The molecule has 0 radical (unpaired) electrons. The number of rotatable bonds is 23. The van der Waals surface area contributed by atoms with E-state index >= 15 is 0 Å². The van der Waals surface area contributed by atoms with Gasteiger partial charge in [0, 0.05) is 13.2 Å². The Morgan fingerprint density at radius 3 is 1.33 bits per heavy atom. The number of unbranched alkanes of at least 4 members (excludes halogenated alkanes) is 14. The zero-order chi connectivity index (χ0) is 24.4. The summed E-state index contributed by atoms with van der Waals surface area (Å²) < 4.78 is 20.1. The SMILES string of the molecule is CC(COC(=O)OCCCCCCCCCCO)OC(=O)OCCCCCCCCCCO. The lowest BCUT2D eigenvalue weighted by Gasteiger charge is -2.13. The van der Waals surface area contributed by atoms with Gasteiger partial charge in [-0.15, -0.1) is 0 Å². The Kier molecular flexibility index (Phi) is 23.9. The molecule has 0 aliphatic carbocycles. The third-order valence-electron chi connectivity index (χ3n) is 5.28. The van der Waals surface area contributed by atoms with Crippen molar-refractivity contribution in [3.8, 4) is 0 Å². The van der Waals surface area contributed by atoms with Crippen LogP contribution in [0.25, 0.3) is 0 Å². The van der Waals surface area contributed by atoms with Crippen LogP contribution in [-0.2, 0) is 18.9 Å². The van der Waals surface area contributed by atoms with Gasteiger partial charge in [0.2, 0.25) is 0 Å². The third-order valence-corrected chi connectivity index (χ3v) is 5.28. The maximum absolute atomic E-state index is 11.7. The number of aliphatic hydroxyl groups excluding tert-OH is 2. The first-order valence-electron chi connectivity index (χ1n) is 12.9. The molecular formula is C25H48O8. The minimum absolute atomic E-state index is 0.0714. The van der Waals surface area contributed by atoms with E-state index in [0.717, 1.165) is 89.9 Å². The molecule has 0 rings (SSSR count). The monoisotopic (exact) mass is 476 g/mol. The van der Waals surface area contributed by atoms with Crippen LogP contribution in [-0.4, -0.2) is 61.7 Å². The molecule has 0 saturated carbocycles. The molecule has 0 aromatic heterocycles. The molecule has 0 fully saturated rings. The van der Waals surface area contributed by atoms with Gasteiger partial charge in [-0.05, 0) is 32.6 Å². The fourth-order valence-electron chi connectivity index (χ4n) is 3.32. The van der Waals surface area contributed by atoms with Crippen molar-refractivity contribution >= 4 is 12.3 Å². The molecule has 0 aromatic carbocycles. The van der Waals surface area contributed by atoms with E-state index < -0.39 is 18.4 Å². The van der Waals surface area contributed by atoms with Gasteiger partial charge in [0.25, 0.3) is 0 Å². The molecule has 0 aromatic rings. The first-order valence-corrected chi connectivity index (χ1v) is 12.9. The van der Waals surface area contributed by atoms with Gasteiger partial charge in [0.05, 0.1) is 13.2 Å². The molecule has 0 heterocycles. The van der Waals surface area contributed by atoms with Crippen molar-refractivity contribution < 1.29 is 38.7 Å². The van der Waals surface area contributed by atoms with Gasteiger partial charge in [-0.1, -0.05) is 77.0 Å². The standard InChI is InChI=1S/C25H48O8/c1-23(33-25(29)31-21-17-13-9-5-3-7-11-15-19-27)22-32-24(28)30-20-16-12-8-4-2-6-10-14-18-26/h23,26-27H,2-22H2,1H3. The first-order chi connectivity index (χ1) is 16.1. The molecule has 8 heteroatoms. The average Bonchev–Trinajstić information content (AvgIpc) is 2.80. The van der Waals surface area contributed by atoms with Crippen molar-refractivity contribution in [1.29, 1.82) is 0 Å². The second kappa shape index (κ2) is 25.1. The van der Waals surface area contributed by atoms with Crippen LogP contribution in [0.5, 0.6) is 0 Å². The van der Waals surface area contributed by atoms with Crippen LogP contribution in [0.1, 0.15) is 110 Å². The molecule has 2 N–H and O–H groups in total.